The Labute approximate surface area is 95.8 Å². The van der Waals surface area contributed by atoms with Crippen LogP contribution in [0.15, 0.2) is 24.5 Å². The summed E-state index contributed by atoms with van der Waals surface area (Å²) in [5.41, 5.74) is 0.685. The van der Waals surface area contributed by atoms with Gasteiger partial charge in [0.25, 0.3) is 0 Å². The molecular weight excluding hydrogens is 202 g/mol. The fraction of sp³-hybridized carbons (Fsp3) is 0.538. The van der Waals surface area contributed by atoms with E-state index in [9.17, 15) is 4.79 Å². The molecule has 0 radical (unpaired) electrons. The molecule has 0 aromatic carbocycles. The summed E-state index contributed by atoms with van der Waals surface area (Å²) in [5.74, 6) is -0.196. The molecule has 0 saturated heterocycles. The summed E-state index contributed by atoms with van der Waals surface area (Å²) in [5, 5.41) is 0. The smallest absolute Gasteiger partial charge is 0.303 e. The predicted molar refractivity (Wildman–Crippen MR) is 60.8 cm³/mol. The molecule has 1 aliphatic carbocycles. The quantitative estimate of drug-likeness (QED) is 0.718. The topological polar surface area (TPSA) is 39.2 Å². The first kappa shape index (κ1) is 11.1. The molecule has 1 fully saturated rings. The molecule has 1 aromatic heterocycles. The highest BCUT2D eigenvalue weighted by Gasteiger charge is 2.36. The highest BCUT2D eigenvalue weighted by atomic mass is 16.6. The summed E-state index contributed by atoms with van der Waals surface area (Å²) in [4.78, 5) is 15.3. The Kier molecular flexibility index (Phi) is 3.22. The summed E-state index contributed by atoms with van der Waals surface area (Å²) in [6, 6.07) is 3.91. The van der Waals surface area contributed by atoms with Gasteiger partial charge in [0.1, 0.15) is 5.60 Å². The molecule has 1 heterocycles. The van der Waals surface area contributed by atoms with Crippen LogP contribution in [0.5, 0.6) is 0 Å². The van der Waals surface area contributed by atoms with Crippen LogP contribution in [0, 0.1) is 0 Å². The van der Waals surface area contributed by atoms with E-state index in [0.717, 1.165) is 31.2 Å². The largest absolute Gasteiger partial charge is 0.454 e. The number of hydrogen-bond donors (Lipinski definition) is 0. The number of hydrogen-bond acceptors (Lipinski definition) is 3. The molecule has 0 bridgehead atoms. The molecule has 1 saturated carbocycles. The van der Waals surface area contributed by atoms with Crippen LogP contribution in [0.4, 0.5) is 0 Å². The number of carbonyl (C=O) groups is 1. The van der Waals surface area contributed by atoms with Gasteiger partial charge in [-0.1, -0.05) is 6.42 Å². The zero-order valence-corrected chi connectivity index (χ0v) is 9.61. The van der Waals surface area contributed by atoms with Gasteiger partial charge in [-0.05, 0) is 43.4 Å². The fourth-order valence-electron chi connectivity index (χ4n) is 2.50. The molecule has 16 heavy (non-hydrogen) atoms. The third-order valence-electron chi connectivity index (χ3n) is 3.21. The number of aromatic nitrogens is 1. The first-order valence-corrected chi connectivity index (χ1v) is 5.83. The van der Waals surface area contributed by atoms with Crippen molar-refractivity contribution >= 4 is 5.97 Å². The van der Waals surface area contributed by atoms with Gasteiger partial charge in [0.2, 0.25) is 0 Å². The van der Waals surface area contributed by atoms with Crippen molar-refractivity contribution in [3.63, 3.8) is 0 Å². The van der Waals surface area contributed by atoms with Crippen molar-refractivity contribution in [1.82, 2.24) is 4.98 Å². The number of rotatable bonds is 2. The van der Waals surface area contributed by atoms with Crippen molar-refractivity contribution < 1.29 is 9.53 Å². The zero-order chi connectivity index (χ0) is 11.4. The fourth-order valence-corrected chi connectivity index (χ4v) is 2.50. The molecule has 0 spiro atoms. The molecule has 1 aromatic rings. The molecule has 0 atom stereocenters. The predicted octanol–water partition coefficient (Wildman–Crippen LogP) is 2.80. The Morgan fingerprint density at radius 3 is 2.44 bits per heavy atom. The van der Waals surface area contributed by atoms with Crippen LogP contribution in [0.2, 0.25) is 0 Å². The maximum absolute atomic E-state index is 11.3. The van der Waals surface area contributed by atoms with Crippen LogP contribution in [0.1, 0.15) is 44.6 Å². The molecular formula is C13H17NO2. The Balaban J connectivity index is 2.29. The number of ether oxygens (including phenoxy) is 1. The molecule has 0 unspecified atom stereocenters. The summed E-state index contributed by atoms with van der Waals surface area (Å²) < 4.78 is 5.60. The van der Waals surface area contributed by atoms with E-state index < -0.39 is 5.60 Å². The Morgan fingerprint density at radius 1 is 1.25 bits per heavy atom. The monoisotopic (exact) mass is 219 g/mol. The van der Waals surface area contributed by atoms with Crippen molar-refractivity contribution in [1.29, 1.82) is 0 Å². The van der Waals surface area contributed by atoms with Crippen molar-refractivity contribution in [2.45, 2.75) is 44.6 Å². The second kappa shape index (κ2) is 4.64. The molecule has 0 N–H and O–H groups in total. The van der Waals surface area contributed by atoms with Gasteiger partial charge in [0.15, 0.2) is 0 Å². The zero-order valence-electron chi connectivity index (χ0n) is 9.61. The van der Waals surface area contributed by atoms with E-state index in [4.69, 9.17) is 4.74 Å². The van der Waals surface area contributed by atoms with Gasteiger partial charge >= 0.3 is 5.97 Å². The number of pyridine rings is 1. The van der Waals surface area contributed by atoms with E-state index in [1.165, 1.54) is 13.3 Å². The lowest BCUT2D eigenvalue weighted by Gasteiger charge is -2.36. The lowest BCUT2D eigenvalue weighted by atomic mass is 9.80. The third kappa shape index (κ3) is 2.23. The van der Waals surface area contributed by atoms with Gasteiger partial charge in [-0.2, -0.15) is 0 Å². The van der Waals surface area contributed by atoms with Gasteiger partial charge in [0, 0.05) is 19.3 Å². The van der Waals surface area contributed by atoms with Crippen molar-refractivity contribution in [3.05, 3.63) is 30.1 Å². The first-order valence-electron chi connectivity index (χ1n) is 5.83. The summed E-state index contributed by atoms with van der Waals surface area (Å²) >= 11 is 0. The lowest BCUT2D eigenvalue weighted by Crippen LogP contribution is -2.34. The molecule has 86 valence electrons. The van der Waals surface area contributed by atoms with Gasteiger partial charge in [-0.3, -0.25) is 9.78 Å². The standard InChI is InChI=1S/C13H17NO2/c1-11(15)16-13(7-3-2-4-8-13)12-5-9-14-10-6-12/h5-6,9-10H,2-4,7-8H2,1H3. The second-order valence-corrected chi connectivity index (χ2v) is 4.38. The van der Waals surface area contributed by atoms with Gasteiger partial charge in [-0.25, -0.2) is 0 Å². The Hall–Kier alpha value is -1.38. The van der Waals surface area contributed by atoms with Crippen molar-refractivity contribution in [2.24, 2.45) is 0 Å². The summed E-state index contributed by atoms with van der Waals surface area (Å²) in [7, 11) is 0. The average molecular weight is 219 g/mol. The molecule has 0 amide bonds. The SMILES string of the molecule is CC(=O)OC1(c2ccncc2)CCCCC1. The van der Waals surface area contributed by atoms with Gasteiger partial charge in [0.05, 0.1) is 0 Å². The van der Waals surface area contributed by atoms with Gasteiger partial charge < -0.3 is 4.74 Å². The minimum atomic E-state index is -0.396. The maximum atomic E-state index is 11.3. The Morgan fingerprint density at radius 2 is 1.88 bits per heavy atom. The van der Waals surface area contributed by atoms with E-state index in [0.29, 0.717) is 0 Å². The molecule has 3 nitrogen and oxygen atoms in total. The van der Waals surface area contributed by atoms with E-state index in [1.807, 2.05) is 12.1 Å². The van der Waals surface area contributed by atoms with Crippen LogP contribution in [-0.4, -0.2) is 11.0 Å². The van der Waals surface area contributed by atoms with E-state index >= 15 is 0 Å². The van der Waals surface area contributed by atoms with Crippen LogP contribution < -0.4 is 0 Å². The average Bonchev–Trinajstić information content (AvgIpc) is 2.30. The number of carbonyl (C=O) groups excluding carboxylic acids is 1. The lowest BCUT2D eigenvalue weighted by molar-refractivity contribution is -0.162. The van der Waals surface area contributed by atoms with Crippen LogP contribution in [-0.2, 0) is 15.1 Å². The minimum absolute atomic E-state index is 0.196. The van der Waals surface area contributed by atoms with Crippen LogP contribution in [0.25, 0.3) is 0 Å². The van der Waals surface area contributed by atoms with Crippen LogP contribution in [0.3, 0.4) is 0 Å². The minimum Gasteiger partial charge on any atom is -0.454 e. The number of nitrogens with zero attached hydrogens (tertiary/aromatic N) is 1. The van der Waals surface area contributed by atoms with E-state index in [1.54, 1.807) is 12.4 Å². The Bertz CT molecular complexity index is 355. The van der Waals surface area contributed by atoms with Crippen molar-refractivity contribution in [3.8, 4) is 0 Å². The molecule has 0 aliphatic heterocycles. The first-order chi connectivity index (χ1) is 7.73. The second-order valence-electron chi connectivity index (χ2n) is 4.38. The summed E-state index contributed by atoms with van der Waals surface area (Å²) in [6.45, 7) is 1.48. The number of esters is 1. The summed E-state index contributed by atoms with van der Waals surface area (Å²) in [6.07, 6.45) is 8.84. The maximum Gasteiger partial charge on any atom is 0.303 e. The van der Waals surface area contributed by atoms with E-state index in [2.05, 4.69) is 4.98 Å². The van der Waals surface area contributed by atoms with E-state index in [-0.39, 0.29) is 5.97 Å². The highest BCUT2D eigenvalue weighted by Crippen LogP contribution is 2.40. The highest BCUT2D eigenvalue weighted by molar-refractivity contribution is 5.66. The molecule has 3 heteroatoms. The molecule has 2 rings (SSSR count). The van der Waals surface area contributed by atoms with Gasteiger partial charge in [-0.15, -0.1) is 0 Å². The van der Waals surface area contributed by atoms with Crippen molar-refractivity contribution in [2.75, 3.05) is 0 Å². The molecule has 1 aliphatic rings. The normalized spacial score (nSPS) is 19.1. The van der Waals surface area contributed by atoms with Crippen LogP contribution >= 0.6 is 0 Å². The third-order valence-corrected chi connectivity index (χ3v) is 3.21.